The van der Waals surface area contributed by atoms with Crippen molar-refractivity contribution in [3.63, 3.8) is 0 Å². The van der Waals surface area contributed by atoms with Crippen molar-refractivity contribution < 1.29 is 14.3 Å². The number of hydrogen-bond acceptors (Lipinski definition) is 5. The molecule has 7 nitrogen and oxygen atoms in total. The van der Waals surface area contributed by atoms with Crippen LogP contribution in [0.1, 0.15) is 20.3 Å². The Morgan fingerprint density at radius 3 is 2.74 bits per heavy atom. The number of ether oxygens (including phenoxy) is 1. The fraction of sp³-hybridized carbons (Fsp3) is 0.579. The van der Waals surface area contributed by atoms with Gasteiger partial charge in [0.1, 0.15) is 5.75 Å². The van der Waals surface area contributed by atoms with Gasteiger partial charge in [0.2, 0.25) is 11.8 Å². The molecule has 1 saturated heterocycles. The Bertz CT molecular complexity index is 654. The zero-order valence-electron chi connectivity index (χ0n) is 16.5. The van der Waals surface area contributed by atoms with Gasteiger partial charge in [-0.05, 0) is 24.0 Å². The summed E-state index contributed by atoms with van der Waals surface area (Å²) in [6.45, 7) is 6.15. The van der Waals surface area contributed by atoms with E-state index in [0.29, 0.717) is 18.0 Å². The minimum atomic E-state index is -0.241. The number of hydrogen-bond donors (Lipinski definition) is 2. The summed E-state index contributed by atoms with van der Waals surface area (Å²) in [6.07, 6.45) is 0.875. The van der Waals surface area contributed by atoms with E-state index in [1.54, 1.807) is 38.4 Å². The highest BCUT2D eigenvalue weighted by Gasteiger charge is 2.34. The molecule has 152 valence electrons. The minimum Gasteiger partial charge on any atom is -0.497 e. The molecule has 1 aliphatic rings. The molecule has 1 unspecified atom stereocenters. The van der Waals surface area contributed by atoms with Gasteiger partial charge in [-0.25, -0.2) is 0 Å². The Morgan fingerprint density at radius 2 is 2.11 bits per heavy atom. The number of amides is 2. The Balaban J connectivity index is 0.00000364. The Morgan fingerprint density at radius 1 is 1.41 bits per heavy atom. The van der Waals surface area contributed by atoms with E-state index >= 15 is 0 Å². The third kappa shape index (κ3) is 6.68. The lowest BCUT2D eigenvalue weighted by Crippen LogP contribution is -2.54. The van der Waals surface area contributed by atoms with Crippen LogP contribution in [-0.2, 0) is 9.59 Å². The van der Waals surface area contributed by atoms with Crippen molar-refractivity contribution in [1.29, 1.82) is 0 Å². The van der Waals surface area contributed by atoms with Gasteiger partial charge in [0, 0.05) is 37.9 Å². The summed E-state index contributed by atoms with van der Waals surface area (Å²) >= 11 is 0. The molecule has 1 aromatic carbocycles. The molecule has 0 bridgehead atoms. The SMILES string of the molecule is COc1cccc(NC(=O)CN(C)C(=O)CN2CCC(N)C(C)(C)C2)c1.Cl. The summed E-state index contributed by atoms with van der Waals surface area (Å²) in [6, 6.07) is 7.27. The van der Waals surface area contributed by atoms with E-state index in [2.05, 4.69) is 24.1 Å². The van der Waals surface area contributed by atoms with Gasteiger partial charge in [0.05, 0.1) is 20.2 Å². The zero-order chi connectivity index (χ0) is 19.3. The van der Waals surface area contributed by atoms with Crippen LogP contribution in [0.5, 0.6) is 5.75 Å². The van der Waals surface area contributed by atoms with E-state index in [4.69, 9.17) is 10.5 Å². The van der Waals surface area contributed by atoms with Gasteiger partial charge >= 0.3 is 0 Å². The number of nitrogens with zero attached hydrogens (tertiary/aromatic N) is 2. The van der Waals surface area contributed by atoms with Gasteiger partial charge in [-0.3, -0.25) is 14.5 Å². The number of benzene rings is 1. The lowest BCUT2D eigenvalue weighted by atomic mass is 9.80. The van der Waals surface area contributed by atoms with Crippen LogP contribution >= 0.6 is 12.4 Å². The summed E-state index contributed by atoms with van der Waals surface area (Å²) in [5, 5.41) is 2.78. The highest BCUT2D eigenvalue weighted by molar-refractivity contribution is 5.94. The molecule has 27 heavy (non-hydrogen) atoms. The second-order valence-electron chi connectivity index (χ2n) is 7.62. The quantitative estimate of drug-likeness (QED) is 0.759. The first-order valence-corrected chi connectivity index (χ1v) is 8.87. The van der Waals surface area contributed by atoms with Crippen LogP contribution in [-0.4, -0.2) is 68.0 Å². The number of nitrogens with two attached hydrogens (primary N) is 1. The maximum atomic E-state index is 12.4. The van der Waals surface area contributed by atoms with Crippen molar-refractivity contribution in [2.24, 2.45) is 11.1 Å². The van der Waals surface area contributed by atoms with E-state index in [1.807, 2.05) is 0 Å². The van der Waals surface area contributed by atoms with E-state index in [-0.39, 0.29) is 42.2 Å². The van der Waals surface area contributed by atoms with Crippen molar-refractivity contribution in [3.05, 3.63) is 24.3 Å². The van der Waals surface area contributed by atoms with Crippen LogP contribution in [0.15, 0.2) is 24.3 Å². The van der Waals surface area contributed by atoms with Crippen LogP contribution in [0.2, 0.25) is 0 Å². The molecule has 8 heteroatoms. The van der Waals surface area contributed by atoms with Crippen molar-refractivity contribution in [2.45, 2.75) is 26.3 Å². The van der Waals surface area contributed by atoms with Gasteiger partial charge in [-0.1, -0.05) is 19.9 Å². The highest BCUT2D eigenvalue weighted by atomic mass is 35.5. The van der Waals surface area contributed by atoms with Crippen molar-refractivity contribution in [1.82, 2.24) is 9.80 Å². The number of halogens is 1. The maximum absolute atomic E-state index is 12.4. The number of carbonyl (C=O) groups is 2. The molecule has 1 aromatic rings. The van der Waals surface area contributed by atoms with E-state index < -0.39 is 0 Å². The minimum absolute atomic E-state index is 0. The van der Waals surface area contributed by atoms with E-state index in [0.717, 1.165) is 19.5 Å². The number of piperidine rings is 1. The molecular weight excluding hydrogens is 368 g/mol. The first-order chi connectivity index (χ1) is 12.2. The Kier molecular flexibility index (Phi) is 8.53. The first kappa shape index (κ1) is 23.2. The van der Waals surface area contributed by atoms with Crippen LogP contribution in [0, 0.1) is 5.41 Å². The van der Waals surface area contributed by atoms with Gasteiger partial charge in [0.15, 0.2) is 0 Å². The van der Waals surface area contributed by atoms with Crippen molar-refractivity contribution >= 4 is 29.9 Å². The standard InChI is InChI=1S/C19H30N4O3.ClH/c1-19(2)13-23(9-8-16(19)20)12-18(25)22(3)11-17(24)21-14-6-5-7-15(10-14)26-4;/h5-7,10,16H,8-9,11-13,20H2,1-4H3,(H,21,24);1H. The number of rotatable bonds is 6. The van der Waals surface area contributed by atoms with Crippen LogP contribution in [0.4, 0.5) is 5.69 Å². The molecule has 0 spiro atoms. The van der Waals surface area contributed by atoms with Gasteiger partial charge < -0.3 is 20.7 Å². The number of likely N-dealkylation sites (tertiary alicyclic amines) is 1. The molecule has 0 saturated carbocycles. The number of carbonyl (C=O) groups excluding carboxylic acids is 2. The first-order valence-electron chi connectivity index (χ1n) is 8.87. The molecule has 0 radical (unpaired) electrons. The highest BCUT2D eigenvalue weighted by Crippen LogP contribution is 2.27. The number of nitrogens with one attached hydrogen (secondary N) is 1. The molecule has 2 rings (SSSR count). The second-order valence-corrected chi connectivity index (χ2v) is 7.62. The van der Waals surface area contributed by atoms with Crippen molar-refractivity contribution in [2.75, 3.05) is 45.7 Å². The van der Waals surface area contributed by atoms with Crippen molar-refractivity contribution in [3.8, 4) is 5.75 Å². The van der Waals surface area contributed by atoms with Crippen LogP contribution < -0.4 is 15.8 Å². The van der Waals surface area contributed by atoms with Gasteiger partial charge in [-0.2, -0.15) is 0 Å². The van der Waals surface area contributed by atoms with Gasteiger partial charge in [0.25, 0.3) is 0 Å². The Hall–Kier alpha value is -1.83. The van der Waals surface area contributed by atoms with E-state index in [1.165, 1.54) is 4.90 Å². The predicted molar refractivity (Wildman–Crippen MR) is 109 cm³/mol. The summed E-state index contributed by atoms with van der Waals surface area (Å²) in [5.74, 6) is 0.352. The third-order valence-corrected chi connectivity index (χ3v) is 4.91. The molecule has 1 aliphatic heterocycles. The molecule has 3 N–H and O–H groups in total. The molecule has 0 aromatic heterocycles. The summed E-state index contributed by atoms with van der Waals surface area (Å²) in [5.41, 5.74) is 6.77. The maximum Gasteiger partial charge on any atom is 0.243 e. The zero-order valence-corrected chi connectivity index (χ0v) is 17.3. The van der Waals surface area contributed by atoms with E-state index in [9.17, 15) is 9.59 Å². The molecule has 1 fully saturated rings. The topological polar surface area (TPSA) is 87.9 Å². The normalized spacial score (nSPS) is 18.9. The fourth-order valence-corrected chi connectivity index (χ4v) is 3.14. The molecule has 1 atom stereocenters. The van der Waals surface area contributed by atoms with Crippen LogP contribution in [0.25, 0.3) is 0 Å². The summed E-state index contributed by atoms with van der Waals surface area (Å²) in [4.78, 5) is 28.2. The van der Waals surface area contributed by atoms with Crippen LogP contribution in [0.3, 0.4) is 0 Å². The number of anilines is 1. The molecule has 0 aliphatic carbocycles. The summed E-state index contributed by atoms with van der Waals surface area (Å²) in [7, 11) is 3.22. The average Bonchev–Trinajstić information content (AvgIpc) is 2.57. The molecule has 1 heterocycles. The lowest BCUT2D eigenvalue weighted by molar-refractivity contribution is -0.135. The third-order valence-electron chi connectivity index (χ3n) is 4.91. The number of likely N-dealkylation sites (N-methyl/N-ethyl adjacent to an activating group) is 1. The molecule has 2 amide bonds. The molecular formula is C19H31ClN4O3. The monoisotopic (exact) mass is 398 g/mol. The average molecular weight is 399 g/mol. The smallest absolute Gasteiger partial charge is 0.243 e. The number of methoxy groups -OCH3 is 1. The lowest BCUT2D eigenvalue weighted by Gasteiger charge is -2.42. The summed E-state index contributed by atoms with van der Waals surface area (Å²) < 4.78 is 5.13. The largest absolute Gasteiger partial charge is 0.497 e. The Labute approximate surface area is 167 Å². The van der Waals surface area contributed by atoms with Gasteiger partial charge in [-0.15, -0.1) is 12.4 Å². The fourth-order valence-electron chi connectivity index (χ4n) is 3.14. The predicted octanol–water partition coefficient (Wildman–Crippen LogP) is 1.57. The second kappa shape index (κ2) is 9.92.